The van der Waals surface area contributed by atoms with E-state index in [1.807, 2.05) is 18.3 Å². The Bertz CT molecular complexity index is 283. The molecular formula is C8H7NZr. The molecule has 0 fully saturated rings. The molecule has 0 atom stereocenters. The molecule has 0 saturated carbocycles. The van der Waals surface area contributed by atoms with E-state index >= 15 is 0 Å². The van der Waals surface area contributed by atoms with Gasteiger partial charge in [-0.2, -0.15) is 0 Å². The Balaban J connectivity index is 0.000000500. The minimum absolute atomic E-state index is 0. The Labute approximate surface area is 78.6 Å². The first-order valence-electron chi connectivity index (χ1n) is 2.99. The summed E-state index contributed by atoms with van der Waals surface area (Å²) in [7, 11) is 0. The Hall–Kier alpha value is -0.357. The van der Waals surface area contributed by atoms with E-state index in [4.69, 9.17) is 0 Å². The van der Waals surface area contributed by atoms with Gasteiger partial charge in [0, 0.05) is 37.9 Å². The van der Waals surface area contributed by atoms with Crippen LogP contribution < -0.4 is 0 Å². The van der Waals surface area contributed by atoms with Gasteiger partial charge in [0.1, 0.15) is 0 Å². The standard InChI is InChI=1S/C8H7N.Zr/c1-2-4-8-7(3-1)5-6-9-8;/h1-6,9H;. The second-order valence-electron chi connectivity index (χ2n) is 2.06. The number of rotatable bonds is 0. The van der Waals surface area contributed by atoms with E-state index < -0.39 is 0 Å². The molecule has 0 aliphatic carbocycles. The monoisotopic (exact) mass is 207 g/mol. The number of hydrogen-bond acceptors (Lipinski definition) is 0. The topological polar surface area (TPSA) is 15.8 Å². The van der Waals surface area contributed by atoms with Gasteiger partial charge in [0.2, 0.25) is 0 Å². The Morgan fingerprint density at radius 1 is 1.00 bits per heavy atom. The fourth-order valence-electron chi connectivity index (χ4n) is 0.995. The van der Waals surface area contributed by atoms with Crippen LogP contribution in [-0.4, -0.2) is 4.98 Å². The predicted octanol–water partition coefficient (Wildman–Crippen LogP) is 2.17. The minimum atomic E-state index is 0. The van der Waals surface area contributed by atoms with Crippen LogP contribution >= 0.6 is 0 Å². The maximum absolute atomic E-state index is 3.12. The van der Waals surface area contributed by atoms with Crippen LogP contribution in [-0.2, 0) is 26.2 Å². The second-order valence-corrected chi connectivity index (χ2v) is 2.06. The van der Waals surface area contributed by atoms with Crippen LogP contribution in [0.1, 0.15) is 0 Å². The van der Waals surface area contributed by atoms with Crippen molar-refractivity contribution in [2.75, 3.05) is 0 Å². The van der Waals surface area contributed by atoms with Crippen molar-refractivity contribution < 1.29 is 26.2 Å². The van der Waals surface area contributed by atoms with Crippen LogP contribution in [0.3, 0.4) is 0 Å². The Morgan fingerprint density at radius 2 is 1.80 bits per heavy atom. The van der Waals surface area contributed by atoms with E-state index in [1.54, 1.807) is 0 Å². The summed E-state index contributed by atoms with van der Waals surface area (Å²) in [6, 6.07) is 10.3. The number of H-pyrrole nitrogens is 1. The summed E-state index contributed by atoms with van der Waals surface area (Å²) in [5.41, 5.74) is 1.21. The van der Waals surface area contributed by atoms with Gasteiger partial charge < -0.3 is 4.98 Å². The van der Waals surface area contributed by atoms with Gasteiger partial charge in [0.15, 0.2) is 0 Å². The average Bonchev–Trinajstić information content (AvgIpc) is 2.33. The molecule has 2 aromatic rings. The van der Waals surface area contributed by atoms with Crippen molar-refractivity contribution in [2.24, 2.45) is 0 Å². The maximum atomic E-state index is 3.12. The molecule has 10 heavy (non-hydrogen) atoms. The summed E-state index contributed by atoms with van der Waals surface area (Å²) >= 11 is 0. The molecule has 0 radical (unpaired) electrons. The first kappa shape index (κ1) is 7.75. The molecule has 0 aliphatic heterocycles. The summed E-state index contributed by atoms with van der Waals surface area (Å²) in [5.74, 6) is 0. The molecule has 0 saturated heterocycles. The summed E-state index contributed by atoms with van der Waals surface area (Å²) in [6.07, 6.45) is 1.95. The smallest absolute Gasteiger partial charge is 0.0453 e. The molecule has 1 aromatic heterocycles. The third kappa shape index (κ3) is 1.22. The fraction of sp³-hybridized carbons (Fsp3) is 0. The number of benzene rings is 1. The average molecular weight is 208 g/mol. The molecule has 1 aromatic carbocycles. The molecule has 48 valence electrons. The third-order valence-electron chi connectivity index (χ3n) is 1.46. The van der Waals surface area contributed by atoms with Gasteiger partial charge in [-0.25, -0.2) is 0 Å². The van der Waals surface area contributed by atoms with Crippen LogP contribution in [0.5, 0.6) is 0 Å². The number of aromatic amines is 1. The van der Waals surface area contributed by atoms with Crippen LogP contribution in [0.4, 0.5) is 0 Å². The zero-order valence-electron chi connectivity index (χ0n) is 5.46. The molecule has 0 spiro atoms. The molecule has 0 unspecified atom stereocenters. The maximum Gasteiger partial charge on any atom is 0.0453 e. The van der Waals surface area contributed by atoms with Crippen LogP contribution in [0.25, 0.3) is 10.9 Å². The zero-order chi connectivity index (χ0) is 6.10. The molecule has 0 bridgehead atoms. The molecule has 0 amide bonds. The third-order valence-corrected chi connectivity index (χ3v) is 1.46. The summed E-state index contributed by atoms with van der Waals surface area (Å²) in [5, 5.41) is 1.28. The van der Waals surface area contributed by atoms with Gasteiger partial charge >= 0.3 is 0 Å². The van der Waals surface area contributed by atoms with E-state index in [1.165, 1.54) is 10.9 Å². The summed E-state index contributed by atoms with van der Waals surface area (Å²) in [4.78, 5) is 3.12. The minimum Gasteiger partial charge on any atom is -0.361 e. The van der Waals surface area contributed by atoms with Crippen molar-refractivity contribution in [3.63, 3.8) is 0 Å². The van der Waals surface area contributed by atoms with Crippen molar-refractivity contribution in [1.29, 1.82) is 0 Å². The largest absolute Gasteiger partial charge is 0.361 e. The van der Waals surface area contributed by atoms with E-state index in [-0.39, 0.29) is 26.2 Å². The molecule has 1 N–H and O–H groups in total. The summed E-state index contributed by atoms with van der Waals surface area (Å²) < 4.78 is 0. The van der Waals surface area contributed by atoms with Crippen molar-refractivity contribution in [3.05, 3.63) is 36.5 Å². The van der Waals surface area contributed by atoms with Gasteiger partial charge in [-0.3, -0.25) is 0 Å². The van der Waals surface area contributed by atoms with E-state index in [0.717, 1.165) is 0 Å². The Morgan fingerprint density at radius 3 is 2.60 bits per heavy atom. The molecule has 0 aliphatic rings. The van der Waals surface area contributed by atoms with Crippen molar-refractivity contribution in [2.45, 2.75) is 0 Å². The molecular weight excluding hydrogens is 201 g/mol. The van der Waals surface area contributed by atoms with Gasteiger partial charge in [-0.15, -0.1) is 0 Å². The Kier molecular flexibility index (Phi) is 2.45. The van der Waals surface area contributed by atoms with Crippen LogP contribution in [0, 0.1) is 0 Å². The zero-order valence-corrected chi connectivity index (χ0v) is 7.92. The number of fused-ring (bicyclic) bond motifs is 1. The van der Waals surface area contributed by atoms with Crippen molar-refractivity contribution >= 4 is 10.9 Å². The first-order valence-corrected chi connectivity index (χ1v) is 2.99. The van der Waals surface area contributed by atoms with E-state index in [0.29, 0.717) is 0 Å². The summed E-state index contributed by atoms with van der Waals surface area (Å²) in [6.45, 7) is 0. The van der Waals surface area contributed by atoms with Gasteiger partial charge in [-0.1, -0.05) is 18.2 Å². The predicted molar refractivity (Wildman–Crippen MR) is 38.3 cm³/mol. The SMILES string of the molecule is [Zr].c1ccc2[nH]ccc2c1. The van der Waals surface area contributed by atoms with Crippen LogP contribution in [0.2, 0.25) is 0 Å². The second kappa shape index (κ2) is 3.16. The van der Waals surface area contributed by atoms with Crippen molar-refractivity contribution in [3.8, 4) is 0 Å². The number of aromatic nitrogens is 1. The number of hydrogen-bond donors (Lipinski definition) is 1. The first-order chi connectivity index (χ1) is 4.47. The molecule has 1 heterocycles. The van der Waals surface area contributed by atoms with Gasteiger partial charge in [0.25, 0.3) is 0 Å². The fourth-order valence-corrected chi connectivity index (χ4v) is 0.995. The molecule has 1 nitrogen and oxygen atoms in total. The van der Waals surface area contributed by atoms with Gasteiger partial charge in [-0.05, 0) is 17.5 Å². The number of para-hydroxylation sites is 1. The van der Waals surface area contributed by atoms with Crippen LogP contribution in [0.15, 0.2) is 36.5 Å². The number of nitrogens with one attached hydrogen (secondary N) is 1. The van der Waals surface area contributed by atoms with E-state index in [2.05, 4.69) is 23.2 Å². The van der Waals surface area contributed by atoms with E-state index in [9.17, 15) is 0 Å². The molecule has 2 heteroatoms. The molecule has 2 rings (SSSR count). The van der Waals surface area contributed by atoms with Crippen molar-refractivity contribution in [1.82, 2.24) is 4.98 Å². The normalized spacial score (nSPS) is 9.20. The quantitative estimate of drug-likeness (QED) is 0.683. The van der Waals surface area contributed by atoms with Gasteiger partial charge in [0.05, 0.1) is 0 Å².